The third-order valence-electron chi connectivity index (χ3n) is 6.22. The zero-order valence-corrected chi connectivity index (χ0v) is 18.1. The number of rotatable bonds is 2. The van der Waals surface area contributed by atoms with E-state index in [1.54, 1.807) is 36.4 Å². The van der Waals surface area contributed by atoms with Crippen LogP contribution in [-0.4, -0.2) is 42.2 Å². The highest BCUT2D eigenvalue weighted by atomic mass is 19.1. The molecule has 1 unspecified atom stereocenters. The van der Waals surface area contributed by atoms with E-state index in [9.17, 15) is 4.39 Å². The number of aromatic nitrogens is 2. The minimum atomic E-state index is -1.19. The van der Waals surface area contributed by atoms with Gasteiger partial charge in [0, 0.05) is 22.9 Å². The zero-order chi connectivity index (χ0) is 23.3. The quantitative estimate of drug-likeness (QED) is 0.580. The summed E-state index contributed by atoms with van der Waals surface area (Å²) in [6, 6.07) is 10.2. The van der Waals surface area contributed by atoms with Crippen LogP contribution in [-0.2, 0) is 15.0 Å². The predicted molar refractivity (Wildman–Crippen MR) is 121 cm³/mol. The number of aliphatic imine (C=N–C) groups is 1. The van der Waals surface area contributed by atoms with Crippen molar-refractivity contribution in [1.82, 2.24) is 9.97 Å². The van der Waals surface area contributed by atoms with Crippen LogP contribution < -0.4 is 10.5 Å². The summed E-state index contributed by atoms with van der Waals surface area (Å²) in [5.74, 6) is -0.752. The van der Waals surface area contributed by atoms with Crippen LogP contribution in [0.25, 0.3) is 16.7 Å². The topological polar surface area (TPSA) is 91.9 Å². The monoisotopic (exact) mass is 462 g/mol. The molecule has 0 bridgehead atoms. The third kappa shape index (κ3) is 3.27. The van der Waals surface area contributed by atoms with Gasteiger partial charge in [0.05, 0.1) is 25.5 Å². The molecule has 3 aliphatic rings. The Labute approximate surface area is 193 Å². The fourth-order valence-electron chi connectivity index (χ4n) is 4.66. The van der Waals surface area contributed by atoms with Crippen molar-refractivity contribution in [3.05, 3.63) is 77.4 Å². The van der Waals surface area contributed by atoms with Gasteiger partial charge < -0.3 is 19.9 Å². The van der Waals surface area contributed by atoms with Crippen LogP contribution in [0.1, 0.15) is 23.2 Å². The van der Waals surface area contributed by atoms with E-state index in [2.05, 4.69) is 9.97 Å². The first-order valence-electron chi connectivity index (χ1n) is 10.9. The second-order valence-electron chi connectivity index (χ2n) is 8.36. The third-order valence-corrected chi connectivity index (χ3v) is 6.22. The largest absolute Gasteiger partial charge is 0.452 e. The molecule has 1 atom stereocenters. The average molecular weight is 462 g/mol. The highest BCUT2D eigenvalue weighted by molar-refractivity contribution is 5.84. The Bertz CT molecular complexity index is 1370. The number of fused-ring (bicyclic) bond motifs is 4. The Hall–Kier alpha value is -3.69. The molecule has 34 heavy (non-hydrogen) atoms. The van der Waals surface area contributed by atoms with E-state index in [1.807, 2.05) is 6.08 Å². The van der Waals surface area contributed by atoms with Gasteiger partial charge in [0.25, 0.3) is 5.95 Å². The van der Waals surface area contributed by atoms with Crippen molar-refractivity contribution in [1.29, 1.82) is 0 Å². The Morgan fingerprint density at radius 1 is 1.00 bits per heavy atom. The lowest BCUT2D eigenvalue weighted by atomic mass is 9.79. The summed E-state index contributed by atoms with van der Waals surface area (Å²) >= 11 is 0. The number of pyridine rings is 2. The second-order valence-corrected chi connectivity index (χ2v) is 8.36. The summed E-state index contributed by atoms with van der Waals surface area (Å²) in [6.45, 7) is 1.21. The smallest absolute Gasteiger partial charge is 0.256 e. The minimum absolute atomic E-state index is 0.0315. The number of amidine groups is 1. The molecule has 3 aliphatic heterocycles. The zero-order valence-electron chi connectivity index (χ0n) is 18.1. The summed E-state index contributed by atoms with van der Waals surface area (Å²) in [7, 11) is 0. The fraction of sp³-hybridized carbons (Fsp3) is 0.240. The lowest BCUT2D eigenvalue weighted by molar-refractivity contribution is 0.109. The van der Waals surface area contributed by atoms with Crippen LogP contribution in [0.2, 0.25) is 0 Å². The number of nitrogens with two attached hydrogens (primary N) is 1. The molecule has 1 aromatic carbocycles. The summed E-state index contributed by atoms with van der Waals surface area (Å²) in [4.78, 5) is 12.7. The van der Waals surface area contributed by atoms with Crippen molar-refractivity contribution in [2.24, 2.45) is 10.7 Å². The number of ether oxygens (including phenoxy) is 3. The van der Waals surface area contributed by atoms with Gasteiger partial charge >= 0.3 is 0 Å². The van der Waals surface area contributed by atoms with E-state index in [0.29, 0.717) is 53.3 Å². The first-order chi connectivity index (χ1) is 16.5. The standard InChI is InChI=1S/C25H20F2N4O3/c26-23-16(4-1-7-29-23)14-5-6-20-17(9-14)25(13-33-12-21(28)31-25)18-10-19(15-3-2-8-32-11-15)30-24(27)22(18)34-20/h1,3-7,9-10H,2,8,11-13H2,(H2,28,31). The van der Waals surface area contributed by atoms with Gasteiger partial charge in [0.1, 0.15) is 23.7 Å². The number of hydrogen-bond acceptors (Lipinski definition) is 7. The lowest BCUT2D eigenvalue weighted by Crippen LogP contribution is -2.42. The number of halogens is 2. The summed E-state index contributed by atoms with van der Waals surface area (Å²) < 4.78 is 47.1. The molecule has 6 rings (SSSR count). The molecule has 9 heteroatoms. The number of benzene rings is 1. The predicted octanol–water partition coefficient (Wildman–Crippen LogP) is 3.96. The molecule has 2 aromatic heterocycles. The van der Waals surface area contributed by atoms with Crippen LogP contribution in [0, 0.1) is 11.9 Å². The molecule has 0 radical (unpaired) electrons. The van der Waals surface area contributed by atoms with Crippen molar-refractivity contribution < 1.29 is 23.0 Å². The van der Waals surface area contributed by atoms with Crippen molar-refractivity contribution in [2.45, 2.75) is 12.0 Å². The number of nitrogens with zero attached hydrogens (tertiary/aromatic N) is 3. The molecule has 0 saturated heterocycles. The van der Waals surface area contributed by atoms with Gasteiger partial charge in [-0.05, 0) is 47.9 Å². The first-order valence-corrected chi connectivity index (χ1v) is 10.9. The van der Waals surface area contributed by atoms with Crippen LogP contribution in [0.4, 0.5) is 8.78 Å². The minimum Gasteiger partial charge on any atom is -0.452 e. The molecular weight excluding hydrogens is 442 g/mol. The molecule has 0 saturated carbocycles. The maximum atomic E-state index is 15.3. The van der Waals surface area contributed by atoms with Gasteiger partial charge in [-0.15, -0.1) is 0 Å². The highest BCUT2D eigenvalue weighted by Crippen LogP contribution is 2.52. The Morgan fingerprint density at radius 2 is 1.91 bits per heavy atom. The van der Waals surface area contributed by atoms with E-state index < -0.39 is 17.4 Å². The summed E-state index contributed by atoms with van der Waals surface area (Å²) in [5, 5.41) is 0. The van der Waals surface area contributed by atoms with E-state index in [0.717, 1.165) is 5.57 Å². The lowest BCUT2D eigenvalue weighted by Gasteiger charge is -2.39. The first kappa shape index (κ1) is 20.9. The normalized spacial score (nSPS) is 21.2. The second kappa shape index (κ2) is 7.96. The molecule has 1 spiro atoms. The fourth-order valence-corrected chi connectivity index (χ4v) is 4.66. The molecule has 2 N–H and O–H groups in total. The van der Waals surface area contributed by atoms with Crippen molar-refractivity contribution >= 4 is 11.4 Å². The van der Waals surface area contributed by atoms with Gasteiger partial charge in [0.15, 0.2) is 5.75 Å². The van der Waals surface area contributed by atoms with E-state index in [-0.39, 0.29) is 24.8 Å². The van der Waals surface area contributed by atoms with Gasteiger partial charge in [-0.1, -0.05) is 12.1 Å². The molecule has 172 valence electrons. The molecule has 0 aliphatic carbocycles. The van der Waals surface area contributed by atoms with E-state index >= 15 is 4.39 Å². The Balaban J connectivity index is 1.59. The van der Waals surface area contributed by atoms with Crippen molar-refractivity contribution in [3.8, 4) is 22.6 Å². The summed E-state index contributed by atoms with van der Waals surface area (Å²) in [6.07, 6.45) is 4.09. The molecule has 5 heterocycles. The Kier molecular flexibility index (Phi) is 4.89. The van der Waals surface area contributed by atoms with Gasteiger partial charge in [-0.2, -0.15) is 8.78 Å². The van der Waals surface area contributed by atoms with Gasteiger partial charge in [-0.25, -0.2) is 9.97 Å². The average Bonchev–Trinajstić information content (AvgIpc) is 2.86. The molecule has 0 fully saturated rings. The van der Waals surface area contributed by atoms with Crippen molar-refractivity contribution in [2.75, 3.05) is 26.4 Å². The van der Waals surface area contributed by atoms with E-state index in [1.165, 1.54) is 6.20 Å². The molecule has 3 aromatic rings. The molecular formula is C25H20F2N4O3. The van der Waals surface area contributed by atoms with Crippen LogP contribution in [0.3, 0.4) is 0 Å². The molecule has 0 amide bonds. The van der Waals surface area contributed by atoms with E-state index in [4.69, 9.17) is 24.9 Å². The SMILES string of the molecule is NC1=NC2(COC1)c1cc(-c3cccnc3F)ccc1Oc1c2cc(C2=CCCOC2)nc1F. The van der Waals surface area contributed by atoms with Gasteiger partial charge in [-0.3, -0.25) is 4.99 Å². The van der Waals surface area contributed by atoms with Gasteiger partial charge in [0.2, 0.25) is 5.95 Å². The number of hydrogen-bond donors (Lipinski definition) is 1. The molecule has 7 nitrogen and oxygen atoms in total. The highest BCUT2D eigenvalue weighted by Gasteiger charge is 2.46. The van der Waals surface area contributed by atoms with Crippen molar-refractivity contribution in [3.63, 3.8) is 0 Å². The van der Waals surface area contributed by atoms with Crippen LogP contribution >= 0.6 is 0 Å². The Morgan fingerprint density at radius 3 is 2.71 bits per heavy atom. The van der Waals surface area contributed by atoms with Crippen LogP contribution in [0.15, 0.2) is 53.7 Å². The van der Waals surface area contributed by atoms with Crippen LogP contribution in [0.5, 0.6) is 11.5 Å². The maximum Gasteiger partial charge on any atom is 0.256 e. The maximum absolute atomic E-state index is 15.3. The summed E-state index contributed by atoms with van der Waals surface area (Å²) in [5.41, 5.74) is 8.10.